The summed E-state index contributed by atoms with van der Waals surface area (Å²) in [6, 6.07) is 11.0. The smallest absolute Gasteiger partial charge is 0.271 e. The second kappa shape index (κ2) is 8.05. The standard InChI is InChI=1S/C19H16FN3O3S/c1-2-12-3-5-13(6-4-12)19-21-14(11-27-19)9-18(24)22-17-10-15(23(25)26)7-8-16(17)20/h3-8,10-11H,2,9H2,1H3,(H,22,24). The van der Waals surface area contributed by atoms with E-state index in [-0.39, 0.29) is 17.8 Å². The fraction of sp³-hybridized carbons (Fsp3) is 0.158. The second-order valence-electron chi connectivity index (χ2n) is 5.84. The molecule has 0 radical (unpaired) electrons. The maximum absolute atomic E-state index is 13.8. The van der Waals surface area contributed by atoms with Crippen molar-refractivity contribution in [1.82, 2.24) is 4.98 Å². The summed E-state index contributed by atoms with van der Waals surface area (Å²) in [6.07, 6.45) is 0.906. The highest BCUT2D eigenvalue weighted by molar-refractivity contribution is 7.13. The monoisotopic (exact) mass is 385 g/mol. The number of carbonyl (C=O) groups excluding carboxylic acids is 1. The molecule has 1 N–H and O–H groups in total. The molecule has 138 valence electrons. The highest BCUT2D eigenvalue weighted by Gasteiger charge is 2.15. The van der Waals surface area contributed by atoms with Gasteiger partial charge in [0.15, 0.2) is 0 Å². The van der Waals surface area contributed by atoms with E-state index in [9.17, 15) is 19.3 Å². The zero-order chi connectivity index (χ0) is 19.4. The third kappa shape index (κ3) is 4.53. The Hall–Kier alpha value is -3.13. The van der Waals surface area contributed by atoms with E-state index >= 15 is 0 Å². The minimum Gasteiger partial charge on any atom is -0.323 e. The minimum absolute atomic E-state index is 0.0499. The first-order chi connectivity index (χ1) is 13.0. The van der Waals surface area contributed by atoms with Crippen LogP contribution in [0.5, 0.6) is 0 Å². The lowest BCUT2D eigenvalue weighted by Gasteiger charge is -2.05. The lowest BCUT2D eigenvalue weighted by Crippen LogP contribution is -2.15. The summed E-state index contributed by atoms with van der Waals surface area (Å²) in [4.78, 5) is 26.7. The van der Waals surface area contributed by atoms with E-state index in [1.54, 1.807) is 5.38 Å². The highest BCUT2D eigenvalue weighted by atomic mass is 32.1. The summed E-state index contributed by atoms with van der Waals surface area (Å²) in [5.41, 5.74) is 2.23. The van der Waals surface area contributed by atoms with Crippen molar-refractivity contribution < 1.29 is 14.1 Å². The van der Waals surface area contributed by atoms with Gasteiger partial charge in [0.05, 0.1) is 22.7 Å². The first kappa shape index (κ1) is 18.7. The number of carbonyl (C=O) groups is 1. The van der Waals surface area contributed by atoms with Gasteiger partial charge in [0.1, 0.15) is 10.8 Å². The number of rotatable bonds is 6. The van der Waals surface area contributed by atoms with Crippen molar-refractivity contribution in [3.05, 3.63) is 75.0 Å². The molecule has 0 atom stereocenters. The van der Waals surface area contributed by atoms with Crippen molar-refractivity contribution in [2.75, 3.05) is 5.32 Å². The Morgan fingerprint density at radius 1 is 1.26 bits per heavy atom. The van der Waals surface area contributed by atoms with Gasteiger partial charge < -0.3 is 5.32 Å². The number of nitro groups is 1. The maximum atomic E-state index is 13.8. The molecule has 0 fully saturated rings. The number of halogens is 1. The van der Waals surface area contributed by atoms with Crippen LogP contribution in [0.1, 0.15) is 18.2 Å². The van der Waals surface area contributed by atoms with Crippen LogP contribution in [0.2, 0.25) is 0 Å². The van der Waals surface area contributed by atoms with Gasteiger partial charge in [0.2, 0.25) is 5.91 Å². The van der Waals surface area contributed by atoms with Crippen LogP contribution in [0.4, 0.5) is 15.8 Å². The number of hydrogen-bond acceptors (Lipinski definition) is 5. The van der Waals surface area contributed by atoms with Gasteiger partial charge >= 0.3 is 0 Å². The van der Waals surface area contributed by atoms with Crippen LogP contribution < -0.4 is 5.32 Å². The van der Waals surface area contributed by atoms with Gasteiger partial charge in [0, 0.05) is 23.1 Å². The molecule has 27 heavy (non-hydrogen) atoms. The third-order valence-corrected chi connectivity index (χ3v) is 4.88. The molecule has 3 aromatic rings. The summed E-state index contributed by atoms with van der Waals surface area (Å²) in [7, 11) is 0. The van der Waals surface area contributed by atoms with Crippen LogP contribution in [-0.4, -0.2) is 15.8 Å². The Labute approximate surface area is 158 Å². The first-order valence-electron chi connectivity index (χ1n) is 8.23. The summed E-state index contributed by atoms with van der Waals surface area (Å²) >= 11 is 1.42. The Bertz CT molecular complexity index is 986. The third-order valence-electron chi connectivity index (χ3n) is 3.94. The van der Waals surface area contributed by atoms with Crippen LogP contribution in [0, 0.1) is 15.9 Å². The van der Waals surface area contributed by atoms with Crippen LogP contribution in [0.3, 0.4) is 0 Å². The van der Waals surface area contributed by atoms with Crippen molar-refractivity contribution in [1.29, 1.82) is 0 Å². The molecule has 0 bridgehead atoms. The number of nitro benzene ring substituents is 1. The number of anilines is 1. The number of nitrogens with one attached hydrogen (secondary N) is 1. The van der Waals surface area contributed by atoms with E-state index in [0.717, 1.165) is 35.2 Å². The predicted octanol–water partition coefficient (Wildman–Crippen LogP) is 4.60. The van der Waals surface area contributed by atoms with Crippen molar-refractivity contribution in [3.8, 4) is 10.6 Å². The largest absolute Gasteiger partial charge is 0.323 e. The fourth-order valence-electron chi connectivity index (χ4n) is 2.49. The van der Waals surface area contributed by atoms with Gasteiger partial charge in [-0.3, -0.25) is 14.9 Å². The SMILES string of the molecule is CCc1ccc(-c2nc(CC(=O)Nc3cc([N+](=O)[O-])ccc3F)cs2)cc1. The number of benzene rings is 2. The molecule has 0 saturated heterocycles. The fourth-order valence-corrected chi connectivity index (χ4v) is 3.31. The lowest BCUT2D eigenvalue weighted by atomic mass is 10.1. The Kier molecular flexibility index (Phi) is 5.56. The Morgan fingerprint density at radius 2 is 2.00 bits per heavy atom. The molecule has 2 aromatic carbocycles. The summed E-state index contributed by atoms with van der Waals surface area (Å²) in [5, 5.41) is 15.7. The average molecular weight is 385 g/mol. The quantitative estimate of drug-likeness (QED) is 0.496. The predicted molar refractivity (Wildman–Crippen MR) is 102 cm³/mol. The van der Waals surface area contributed by atoms with Crippen LogP contribution in [0.25, 0.3) is 10.6 Å². The van der Waals surface area contributed by atoms with Crippen LogP contribution in [-0.2, 0) is 17.6 Å². The number of hydrogen-bond donors (Lipinski definition) is 1. The lowest BCUT2D eigenvalue weighted by molar-refractivity contribution is -0.384. The van der Waals surface area contributed by atoms with Crippen LogP contribution >= 0.6 is 11.3 Å². The van der Waals surface area contributed by atoms with E-state index in [1.165, 1.54) is 16.9 Å². The Balaban J connectivity index is 1.69. The van der Waals surface area contributed by atoms with Gasteiger partial charge in [0.25, 0.3) is 5.69 Å². The summed E-state index contributed by atoms with van der Waals surface area (Å²) in [6.45, 7) is 2.08. The molecule has 0 saturated carbocycles. The number of thiazole rings is 1. The average Bonchev–Trinajstić information content (AvgIpc) is 3.11. The molecule has 0 unspecified atom stereocenters. The van der Waals surface area contributed by atoms with Gasteiger partial charge in [-0.2, -0.15) is 0 Å². The molecule has 0 aliphatic heterocycles. The van der Waals surface area contributed by atoms with E-state index < -0.39 is 16.6 Å². The van der Waals surface area contributed by atoms with E-state index in [0.29, 0.717) is 5.69 Å². The van der Waals surface area contributed by atoms with E-state index in [4.69, 9.17) is 0 Å². The number of amides is 1. The second-order valence-corrected chi connectivity index (χ2v) is 6.70. The van der Waals surface area contributed by atoms with Gasteiger partial charge in [-0.1, -0.05) is 31.2 Å². The zero-order valence-electron chi connectivity index (χ0n) is 14.4. The highest BCUT2D eigenvalue weighted by Crippen LogP contribution is 2.25. The van der Waals surface area contributed by atoms with Gasteiger partial charge in [-0.15, -0.1) is 11.3 Å². The van der Waals surface area contributed by atoms with E-state index in [1.807, 2.05) is 24.3 Å². The molecule has 0 aliphatic rings. The maximum Gasteiger partial charge on any atom is 0.271 e. The van der Waals surface area contributed by atoms with Crippen molar-refractivity contribution in [3.63, 3.8) is 0 Å². The molecule has 8 heteroatoms. The molecule has 0 spiro atoms. The number of non-ortho nitro benzene ring substituents is 1. The molecule has 3 rings (SSSR count). The normalized spacial score (nSPS) is 10.6. The molecule has 6 nitrogen and oxygen atoms in total. The molecule has 1 aromatic heterocycles. The molecule has 1 heterocycles. The molecule has 0 aliphatic carbocycles. The Morgan fingerprint density at radius 3 is 2.67 bits per heavy atom. The zero-order valence-corrected chi connectivity index (χ0v) is 15.3. The molecular weight excluding hydrogens is 369 g/mol. The summed E-state index contributed by atoms with van der Waals surface area (Å²) < 4.78 is 13.8. The van der Waals surface area contributed by atoms with Gasteiger partial charge in [-0.25, -0.2) is 9.37 Å². The number of aryl methyl sites for hydroxylation is 1. The first-order valence-corrected chi connectivity index (χ1v) is 9.11. The van der Waals surface area contributed by atoms with Crippen molar-refractivity contribution >= 4 is 28.6 Å². The number of nitrogens with zero attached hydrogens (tertiary/aromatic N) is 2. The van der Waals surface area contributed by atoms with Gasteiger partial charge in [-0.05, 0) is 18.1 Å². The van der Waals surface area contributed by atoms with Crippen molar-refractivity contribution in [2.45, 2.75) is 19.8 Å². The molecule has 1 amide bonds. The van der Waals surface area contributed by atoms with E-state index in [2.05, 4.69) is 17.2 Å². The topological polar surface area (TPSA) is 85.1 Å². The molecular formula is C19H16FN3O3S. The van der Waals surface area contributed by atoms with Crippen LogP contribution in [0.15, 0.2) is 47.8 Å². The number of aromatic nitrogens is 1. The minimum atomic E-state index is -0.732. The summed E-state index contributed by atoms with van der Waals surface area (Å²) in [5.74, 6) is -1.23. The van der Waals surface area contributed by atoms with Crippen molar-refractivity contribution in [2.24, 2.45) is 0 Å².